The van der Waals surface area contributed by atoms with Gasteiger partial charge < -0.3 is 8.92 Å². The SMILES string of the molecule is C=C(CNCC(=O)OC)OS(=O)(=O)C(F)(F)F. The fourth-order valence-corrected chi connectivity index (χ4v) is 1.07. The lowest BCUT2D eigenvalue weighted by molar-refractivity contribution is -0.139. The van der Waals surface area contributed by atoms with Crippen molar-refractivity contribution in [1.82, 2.24) is 5.32 Å². The monoisotopic (exact) mass is 277 g/mol. The van der Waals surface area contributed by atoms with Crippen LogP contribution in [0.3, 0.4) is 0 Å². The fraction of sp³-hybridized carbons (Fsp3) is 0.571. The summed E-state index contributed by atoms with van der Waals surface area (Å²) < 4.78 is 64.4. The molecule has 0 aliphatic carbocycles. The lowest BCUT2D eigenvalue weighted by Crippen LogP contribution is -2.30. The summed E-state index contributed by atoms with van der Waals surface area (Å²) in [7, 11) is -4.59. The summed E-state index contributed by atoms with van der Waals surface area (Å²) in [5, 5.41) is 2.28. The molecule has 0 aromatic carbocycles. The largest absolute Gasteiger partial charge is 0.534 e. The predicted molar refractivity (Wildman–Crippen MR) is 50.1 cm³/mol. The van der Waals surface area contributed by atoms with Gasteiger partial charge in [0.2, 0.25) is 0 Å². The van der Waals surface area contributed by atoms with Crippen molar-refractivity contribution in [2.45, 2.75) is 5.51 Å². The number of esters is 1. The van der Waals surface area contributed by atoms with E-state index < -0.39 is 33.9 Å². The summed E-state index contributed by atoms with van der Waals surface area (Å²) in [5.41, 5.74) is -5.52. The van der Waals surface area contributed by atoms with Gasteiger partial charge in [0, 0.05) is 0 Å². The molecule has 6 nitrogen and oxygen atoms in total. The van der Waals surface area contributed by atoms with E-state index in [0.29, 0.717) is 0 Å². The molecule has 0 unspecified atom stereocenters. The summed E-state index contributed by atoms with van der Waals surface area (Å²) in [4.78, 5) is 10.6. The zero-order chi connectivity index (χ0) is 13.7. The molecule has 0 bridgehead atoms. The summed E-state index contributed by atoms with van der Waals surface area (Å²) >= 11 is 0. The van der Waals surface area contributed by atoms with E-state index >= 15 is 0 Å². The van der Waals surface area contributed by atoms with E-state index in [0.717, 1.165) is 7.11 Å². The smallest absolute Gasteiger partial charge is 0.468 e. The van der Waals surface area contributed by atoms with E-state index in [9.17, 15) is 26.4 Å². The van der Waals surface area contributed by atoms with Crippen molar-refractivity contribution in [3.8, 4) is 0 Å². The maximum atomic E-state index is 11.9. The Labute approximate surface area is 95.5 Å². The second-order valence-corrected chi connectivity index (χ2v) is 4.24. The van der Waals surface area contributed by atoms with Crippen LogP contribution in [0.1, 0.15) is 0 Å². The first-order valence-corrected chi connectivity index (χ1v) is 5.47. The van der Waals surface area contributed by atoms with Crippen molar-refractivity contribution in [2.75, 3.05) is 20.2 Å². The van der Waals surface area contributed by atoms with E-state index in [1.165, 1.54) is 0 Å². The molecular formula is C7H10F3NO5S. The molecule has 0 fully saturated rings. The minimum atomic E-state index is -5.71. The quantitative estimate of drug-likeness (QED) is 0.321. The molecule has 0 heterocycles. The van der Waals surface area contributed by atoms with E-state index in [1.54, 1.807) is 0 Å². The summed E-state index contributed by atoms with van der Waals surface area (Å²) in [6.07, 6.45) is 0. The Kier molecular flexibility index (Phi) is 5.42. The Balaban J connectivity index is 4.17. The molecule has 10 heteroatoms. The zero-order valence-electron chi connectivity index (χ0n) is 8.70. The maximum Gasteiger partial charge on any atom is 0.534 e. The molecule has 0 saturated heterocycles. The third-order valence-electron chi connectivity index (χ3n) is 1.33. The second kappa shape index (κ2) is 5.87. The first kappa shape index (κ1) is 15.7. The molecule has 0 atom stereocenters. The van der Waals surface area contributed by atoms with Crippen LogP contribution in [0.2, 0.25) is 0 Å². The normalized spacial score (nSPS) is 12.0. The van der Waals surface area contributed by atoms with Crippen molar-refractivity contribution in [3.05, 3.63) is 12.3 Å². The zero-order valence-corrected chi connectivity index (χ0v) is 9.52. The number of rotatable bonds is 6. The van der Waals surface area contributed by atoms with Gasteiger partial charge in [0.05, 0.1) is 20.2 Å². The highest BCUT2D eigenvalue weighted by Gasteiger charge is 2.48. The standard InChI is InChI=1S/C7H10F3NO5S/c1-5(3-11-4-6(12)15-2)16-17(13,14)7(8,9)10/h11H,1,3-4H2,2H3. The van der Waals surface area contributed by atoms with Gasteiger partial charge >= 0.3 is 21.6 Å². The highest BCUT2D eigenvalue weighted by molar-refractivity contribution is 7.87. The van der Waals surface area contributed by atoms with Crippen LogP contribution in [0.4, 0.5) is 13.2 Å². The summed E-state index contributed by atoms with van der Waals surface area (Å²) in [5.74, 6) is -1.36. The first-order chi connectivity index (χ1) is 7.60. The van der Waals surface area contributed by atoms with Gasteiger partial charge in [-0.25, -0.2) is 0 Å². The van der Waals surface area contributed by atoms with Crippen LogP contribution in [-0.4, -0.2) is 40.1 Å². The highest BCUT2D eigenvalue weighted by Crippen LogP contribution is 2.25. The molecule has 100 valence electrons. The molecule has 1 N–H and O–H groups in total. The molecule has 0 radical (unpaired) electrons. The van der Waals surface area contributed by atoms with E-state index in [4.69, 9.17) is 0 Å². The van der Waals surface area contributed by atoms with Gasteiger partial charge in [-0.2, -0.15) is 21.6 Å². The molecular weight excluding hydrogens is 267 g/mol. The lowest BCUT2D eigenvalue weighted by atomic mass is 10.5. The maximum absolute atomic E-state index is 11.9. The van der Waals surface area contributed by atoms with Crippen LogP contribution in [0.15, 0.2) is 12.3 Å². The number of methoxy groups -OCH3 is 1. The summed E-state index contributed by atoms with van der Waals surface area (Å²) in [6.45, 7) is 2.21. The Bertz CT molecular complexity index is 389. The summed E-state index contributed by atoms with van der Waals surface area (Å²) in [6, 6.07) is 0. The Hall–Kier alpha value is -1.29. The number of hydrogen-bond donors (Lipinski definition) is 1. The molecule has 0 amide bonds. The average molecular weight is 277 g/mol. The van der Waals surface area contributed by atoms with E-state index in [2.05, 4.69) is 20.8 Å². The molecule has 0 saturated carbocycles. The lowest BCUT2D eigenvalue weighted by Gasteiger charge is -2.11. The van der Waals surface area contributed by atoms with E-state index in [-0.39, 0.29) is 6.54 Å². The van der Waals surface area contributed by atoms with Crippen molar-refractivity contribution < 1.29 is 35.3 Å². The van der Waals surface area contributed by atoms with Crippen LogP contribution in [-0.2, 0) is 23.8 Å². The number of halogens is 3. The highest BCUT2D eigenvalue weighted by atomic mass is 32.2. The average Bonchev–Trinajstić information content (AvgIpc) is 2.14. The molecule has 0 spiro atoms. The molecule has 0 aliphatic rings. The number of nitrogens with one attached hydrogen (secondary N) is 1. The van der Waals surface area contributed by atoms with Gasteiger partial charge in [-0.05, 0) is 0 Å². The van der Waals surface area contributed by atoms with E-state index in [1.807, 2.05) is 0 Å². The van der Waals surface area contributed by atoms with Gasteiger partial charge in [-0.1, -0.05) is 6.58 Å². The minimum absolute atomic E-state index is 0.315. The molecule has 0 aliphatic heterocycles. The fourth-order valence-electron chi connectivity index (χ4n) is 0.608. The Morgan fingerprint density at radius 2 is 1.88 bits per heavy atom. The van der Waals surface area contributed by atoms with Crippen molar-refractivity contribution in [1.29, 1.82) is 0 Å². The number of carbonyl (C=O) groups is 1. The van der Waals surface area contributed by atoms with Gasteiger partial charge in [0.25, 0.3) is 0 Å². The van der Waals surface area contributed by atoms with Crippen LogP contribution in [0, 0.1) is 0 Å². The Morgan fingerprint density at radius 1 is 1.35 bits per heavy atom. The second-order valence-electron chi connectivity index (χ2n) is 2.70. The van der Waals surface area contributed by atoms with Gasteiger partial charge in [-0.3, -0.25) is 10.1 Å². The van der Waals surface area contributed by atoms with Crippen molar-refractivity contribution in [3.63, 3.8) is 0 Å². The predicted octanol–water partition coefficient (Wildman–Crippen LogP) is 0.129. The number of alkyl halides is 3. The molecule has 0 aromatic heterocycles. The molecule has 0 aromatic rings. The van der Waals surface area contributed by atoms with Crippen molar-refractivity contribution in [2.24, 2.45) is 0 Å². The van der Waals surface area contributed by atoms with Crippen LogP contribution < -0.4 is 5.32 Å². The van der Waals surface area contributed by atoms with Crippen LogP contribution >= 0.6 is 0 Å². The van der Waals surface area contributed by atoms with Gasteiger partial charge in [0.15, 0.2) is 0 Å². The number of hydrogen-bond acceptors (Lipinski definition) is 6. The molecule has 17 heavy (non-hydrogen) atoms. The van der Waals surface area contributed by atoms with Crippen LogP contribution in [0.25, 0.3) is 0 Å². The van der Waals surface area contributed by atoms with Crippen LogP contribution in [0.5, 0.6) is 0 Å². The topological polar surface area (TPSA) is 81.7 Å². The van der Waals surface area contributed by atoms with Gasteiger partial charge in [-0.15, -0.1) is 0 Å². The Morgan fingerprint density at radius 3 is 2.29 bits per heavy atom. The minimum Gasteiger partial charge on any atom is -0.468 e. The third-order valence-corrected chi connectivity index (χ3v) is 2.35. The number of carbonyl (C=O) groups excluding carboxylic acids is 1. The van der Waals surface area contributed by atoms with Crippen molar-refractivity contribution >= 4 is 16.1 Å². The van der Waals surface area contributed by atoms with Gasteiger partial charge in [0.1, 0.15) is 5.76 Å². The number of ether oxygens (including phenoxy) is 1. The third kappa shape index (κ3) is 5.54. The molecule has 0 rings (SSSR count). The first-order valence-electron chi connectivity index (χ1n) is 4.06.